The van der Waals surface area contributed by atoms with Crippen LogP contribution in [0.15, 0.2) is 42.7 Å². The number of aromatic nitrogens is 1. The summed E-state index contributed by atoms with van der Waals surface area (Å²) in [6, 6.07) is 6.86. The van der Waals surface area contributed by atoms with Crippen molar-refractivity contribution in [2.24, 2.45) is 0 Å². The van der Waals surface area contributed by atoms with Gasteiger partial charge in [0.1, 0.15) is 5.75 Å². The van der Waals surface area contributed by atoms with Crippen molar-refractivity contribution in [3.05, 3.63) is 48.3 Å². The van der Waals surface area contributed by atoms with Crippen molar-refractivity contribution in [3.63, 3.8) is 0 Å². The number of hydrogen-bond donors (Lipinski definition) is 1. The molecule has 1 aromatic heterocycles. The molecule has 0 fully saturated rings. The Bertz CT molecular complexity index is 556. The van der Waals surface area contributed by atoms with Crippen molar-refractivity contribution < 1.29 is 17.9 Å². The van der Waals surface area contributed by atoms with Crippen molar-refractivity contribution in [2.45, 2.75) is 6.18 Å². The normalized spacial score (nSPS) is 11.2. The fourth-order valence-electron chi connectivity index (χ4n) is 1.56. The van der Waals surface area contributed by atoms with Gasteiger partial charge in [0.05, 0.1) is 24.6 Å². The molecule has 0 amide bonds. The number of benzene rings is 1. The lowest BCUT2D eigenvalue weighted by Crippen LogP contribution is -2.06. The summed E-state index contributed by atoms with van der Waals surface area (Å²) in [5.41, 5.74) is 0.127. The van der Waals surface area contributed by atoms with Crippen LogP contribution in [0.1, 0.15) is 5.56 Å². The average Bonchev–Trinajstić information content (AvgIpc) is 2.38. The van der Waals surface area contributed by atoms with E-state index in [9.17, 15) is 13.2 Å². The molecule has 6 heteroatoms. The lowest BCUT2D eigenvalue weighted by molar-refractivity contribution is -0.137. The molecule has 0 saturated heterocycles. The van der Waals surface area contributed by atoms with E-state index in [2.05, 4.69) is 10.3 Å². The Morgan fingerprint density at radius 2 is 1.95 bits per heavy atom. The summed E-state index contributed by atoms with van der Waals surface area (Å²) in [4.78, 5) is 3.88. The topological polar surface area (TPSA) is 34.1 Å². The van der Waals surface area contributed by atoms with Gasteiger partial charge in [-0.25, -0.2) is 0 Å². The molecule has 100 valence electrons. The zero-order valence-corrected chi connectivity index (χ0v) is 10.0. The van der Waals surface area contributed by atoms with Gasteiger partial charge in [0, 0.05) is 18.0 Å². The third-order valence-electron chi connectivity index (χ3n) is 2.42. The Balaban J connectivity index is 2.35. The van der Waals surface area contributed by atoms with Crippen LogP contribution in [-0.4, -0.2) is 12.1 Å². The minimum absolute atomic E-state index is 0.140. The number of hydrogen-bond acceptors (Lipinski definition) is 3. The maximum absolute atomic E-state index is 12.7. The number of anilines is 2. The molecule has 0 aliphatic heterocycles. The highest BCUT2D eigenvalue weighted by Crippen LogP contribution is 2.34. The molecule has 1 heterocycles. The highest BCUT2D eigenvalue weighted by Gasteiger charge is 2.31. The fourth-order valence-corrected chi connectivity index (χ4v) is 1.56. The van der Waals surface area contributed by atoms with Crippen LogP contribution in [0.2, 0.25) is 0 Å². The molecular weight excluding hydrogens is 257 g/mol. The Morgan fingerprint density at radius 3 is 2.53 bits per heavy atom. The highest BCUT2D eigenvalue weighted by atomic mass is 19.4. The number of methoxy groups -OCH3 is 1. The van der Waals surface area contributed by atoms with Crippen molar-refractivity contribution in [2.75, 3.05) is 12.4 Å². The van der Waals surface area contributed by atoms with Crippen LogP contribution in [0.3, 0.4) is 0 Å². The molecule has 0 bridgehead atoms. The number of pyridine rings is 1. The second-order valence-electron chi connectivity index (χ2n) is 3.81. The SMILES string of the molecule is COc1cc(Nc2cccnc2)cc(C(F)(F)F)c1. The van der Waals surface area contributed by atoms with E-state index in [4.69, 9.17) is 4.74 Å². The summed E-state index contributed by atoms with van der Waals surface area (Å²) in [7, 11) is 1.32. The minimum Gasteiger partial charge on any atom is -0.497 e. The number of halogens is 3. The van der Waals surface area contributed by atoms with Crippen LogP contribution in [0, 0.1) is 0 Å². The van der Waals surface area contributed by atoms with Gasteiger partial charge in [0.2, 0.25) is 0 Å². The van der Waals surface area contributed by atoms with Gasteiger partial charge in [-0.3, -0.25) is 4.98 Å². The van der Waals surface area contributed by atoms with Gasteiger partial charge in [-0.2, -0.15) is 13.2 Å². The van der Waals surface area contributed by atoms with Gasteiger partial charge >= 0.3 is 6.18 Å². The second kappa shape index (κ2) is 5.17. The summed E-state index contributed by atoms with van der Waals surface area (Å²) in [6.07, 6.45) is -1.31. The predicted octanol–water partition coefficient (Wildman–Crippen LogP) is 3.85. The molecule has 1 aromatic carbocycles. The molecule has 0 spiro atoms. The van der Waals surface area contributed by atoms with Gasteiger partial charge in [-0.05, 0) is 24.3 Å². The van der Waals surface area contributed by atoms with Crippen molar-refractivity contribution >= 4 is 11.4 Å². The van der Waals surface area contributed by atoms with Crippen LogP contribution < -0.4 is 10.1 Å². The molecule has 0 aliphatic carbocycles. The van der Waals surface area contributed by atoms with E-state index in [0.717, 1.165) is 12.1 Å². The predicted molar refractivity (Wildman–Crippen MR) is 65.5 cm³/mol. The van der Waals surface area contributed by atoms with Crippen LogP contribution in [0.5, 0.6) is 5.75 Å². The maximum atomic E-state index is 12.7. The minimum atomic E-state index is -4.42. The Hall–Kier alpha value is -2.24. The number of nitrogens with zero attached hydrogens (tertiary/aromatic N) is 1. The number of rotatable bonds is 3. The summed E-state index contributed by atoms with van der Waals surface area (Å²) >= 11 is 0. The molecule has 0 saturated carbocycles. The van der Waals surface area contributed by atoms with E-state index in [1.807, 2.05) is 0 Å². The largest absolute Gasteiger partial charge is 0.497 e. The summed E-state index contributed by atoms with van der Waals surface area (Å²) < 4.78 is 43.1. The molecule has 3 nitrogen and oxygen atoms in total. The van der Waals surface area contributed by atoms with E-state index in [-0.39, 0.29) is 5.75 Å². The van der Waals surface area contributed by atoms with E-state index in [0.29, 0.717) is 11.4 Å². The number of ether oxygens (including phenoxy) is 1. The van der Waals surface area contributed by atoms with E-state index >= 15 is 0 Å². The number of alkyl halides is 3. The van der Waals surface area contributed by atoms with Crippen LogP contribution >= 0.6 is 0 Å². The Kier molecular flexibility index (Phi) is 3.59. The summed E-state index contributed by atoms with van der Waals surface area (Å²) in [6.45, 7) is 0. The second-order valence-corrected chi connectivity index (χ2v) is 3.81. The van der Waals surface area contributed by atoms with Crippen molar-refractivity contribution in [1.82, 2.24) is 4.98 Å². The molecule has 2 rings (SSSR count). The van der Waals surface area contributed by atoms with Crippen LogP contribution in [0.25, 0.3) is 0 Å². The third kappa shape index (κ3) is 3.37. The summed E-state index contributed by atoms with van der Waals surface area (Å²) in [5, 5.41) is 2.85. The highest BCUT2D eigenvalue weighted by molar-refractivity contribution is 5.61. The van der Waals surface area contributed by atoms with Gasteiger partial charge in [-0.15, -0.1) is 0 Å². The van der Waals surface area contributed by atoms with Gasteiger partial charge in [0.25, 0.3) is 0 Å². The van der Waals surface area contributed by atoms with Crippen LogP contribution in [-0.2, 0) is 6.18 Å². The first-order valence-corrected chi connectivity index (χ1v) is 5.42. The van der Waals surface area contributed by atoms with E-state index in [1.165, 1.54) is 19.4 Å². The first-order valence-electron chi connectivity index (χ1n) is 5.42. The molecule has 0 unspecified atom stereocenters. The first kappa shape index (κ1) is 13.2. The molecule has 0 atom stereocenters. The van der Waals surface area contributed by atoms with Gasteiger partial charge in [0.15, 0.2) is 0 Å². The van der Waals surface area contributed by atoms with Crippen molar-refractivity contribution in [3.8, 4) is 5.75 Å². The lowest BCUT2D eigenvalue weighted by Gasteiger charge is -2.13. The van der Waals surface area contributed by atoms with Crippen molar-refractivity contribution in [1.29, 1.82) is 0 Å². The molecule has 0 aliphatic rings. The molecule has 2 aromatic rings. The Labute approximate surface area is 108 Å². The molecule has 19 heavy (non-hydrogen) atoms. The number of nitrogens with one attached hydrogen (secondary N) is 1. The lowest BCUT2D eigenvalue weighted by atomic mass is 10.1. The standard InChI is InChI=1S/C13H11F3N2O/c1-19-12-6-9(13(14,15)16)5-11(7-12)18-10-3-2-4-17-8-10/h2-8,18H,1H3. The molecular formula is C13H11F3N2O. The van der Waals surface area contributed by atoms with Gasteiger partial charge in [-0.1, -0.05) is 0 Å². The monoisotopic (exact) mass is 268 g/mol. The summed E-state index contributed by atoms with van der Waals surface area (Å²) in [5.74, 6) is 0.140. The quantitative estimate of drug-likeness (QED) is 0.918. The average molecular weight is 268 g/mol. The molecule has 0 radical (unpaired) electrons. The molecule has 1 N–H and O–H groups in total. The zero-order valence-electron chi connectivity index (χ0n) is 10.0. The van der Waals surface area contributed by atoms with Crippen LogP contribution in [0.4, 0.5) is 24.5 Å². The fraction of sp³-hybridized carbons (Fsp3) is 0.154. The maximum Gasteiger partial charge on any atom is 0.416 e. The zero-order chi connectivity index (χ0) is 13.9. The van der Waals surface area contributed by atoms with Gasteiger partial charge < -0.3 is 10.1 Å². The smallest absolute Gasteiger partial charge is 0.416 e. The first-order chi connectivity index (χ1) is 8.99. The van der Waals surface area contributed by atoms with E-state index in [1.54, 1.807) is 18.3 Å². The third-order valence-corrected chi connectivity index (χ3v) is 2.42. The Morgan fingerprint density at radius 1 is 1.16 bits per heavy atom. The van der Waals surface area contributed by atoms with E-state index < -0.39 is 11.7 Å².